The van der Waals surface area contributed by atoms with Gasteiger partial charge in [-0.2, -0.15) is 13.2 Å². The summed E-state index contributed by atoms with van der Waals surface area (Å²) in [5, 5.41) is 4.00. The number of amides is 3. The van der Waals surface area contributed by atoms with E-state index in [0.29, 0.717) is 21.4 Å². The summed E-state index contributed by atoms with van der Waals surface area (Å²) < 4.78 is 47.3. The summed E-state index contributed by atoms with van der Waals surface area (Å²) in [5.41, 5.74) is -0.648. The Hall–Kier alpha value is -4.62. The van der Waals surface area contributed by atoms with E-state index in [-0.39, 0.29) is 12.2 Å². The number of carbonyl (C=O) groups excluding carboxylic acids is 3. The van der Waals surface area contributed by atoms with Crippen molar-refractivity contribution in [1.82, 2.24) is 4.57 Å². The van der Waals surface area contributed by atoms with Gasteiger partial charge in [-0.1, -0.05) is 59.5 Å². The van der Waals surface area contributed by atoms with Crippen LogP contribution in [-0.2, 0) is 27.1 Å². The zero-order chi connectivity index (χ0) is 30.7. The van der Waals surface area contributed by atoms with Gasteiger partial charge in [-0.25, -0.2) is 4.90 Å². The van der Waals surface area contributed by atoms with Gasteiger partial charge in [0.05, 0.1) is 39.3 Å². The summed E-state index contributed by atoms with van der Waals surface area (Å²) in [4.78, 5) is 54.7. The lowest BCUT2D eigenvalue weighted by molar-refractivity contribution is -0.137. The molecule has 222 valence electrons. The van der Waals surface area contributed by atoms with E-state index < -0.39 is 51.4 Å². The van der Waals surface area contributed by atoms with E-state index in [0.717, 1.165) is 57.0 Å². The van der Waals surface area contributed by atoms with Gasteiger partial charge in [0.1, 0.15) is 17.6 Å². The molecule has 0 bridgehead atoms. The fraction of sp³-hybridized carbons (Fsp3) is 0.161. The van der Waals surface area contributed by atoms with Crippen LogP contribution in [0.1, 0.15) is 22.1 Å². The molecule has 4 heterocycles. The van der Waals surface area contributed by atoms with Gasteiger partial charge in [0.15, 0.2) is 0 Å². The molecule has 3 aromatic carbocycles. The lowest BCUT2D eigenvalue weighted by Crippen LogP contribution is -2.32. The first-order valence-corrected chi connectivity index (χ1v) is 15.1. The number of imide groups is 1. The third-order valence-corrected chi connectivity index (χ3v) is 10.3. The molecule has 2 aromatic heterocycles. The highest BCUT2D eigenvalue weighted by molar-refractivity contribution is 8.00. The molecular formula is C31H20F3N3O5S2. The first-order chi connectivity index (χ1) is 21.1. The Kier molecular flexibility index (Phi) is 6.74. The summed E-state index contributed by atoms with van der Waals surface area (Å²) in [6.45, 7) is -0.355. The number of thioether (sulfide) groups is 1. The minimum absolute atomic E-state index is 0.196. The predicted octanol–water partition coefficient (Wildman–Crippen LogP) is 6.11. The Morgan fingerprint density at radius 2 is 1.70 bits per heavy atom. The first kappa shape index (κ1) is 28.2. The molecule has 8 nitrogen and oxygen atoms in total. The van der Waals surface area contributed by atoms with E-state index in [4.69, 9.17) is 4.42 Å². The molecule has 3 amide bonds. The highest BCUT2D eigenvalue weighted by Crippen LogP contribution is 2.54. The second-order valence-corrected chi connectivity index (χ2v) is 12.5. The maximum absolute atomic E-state index is 13.8. The van der Waals surface area contributed by atoms with E-state index in [1.54, 1.807) is 18.2 Å². The van der Waals surface area contributed by atoms with Gasteiger partial charge < -0.3 is 9.73 Å². The normalized spacial score (nSPS) is 19.7. The standard InChI is InChI=1S/C31H20F3N3O5S2/c32-31(33,34)18-7-3-8-20(14-18)37-27(39)24-23(21-9-4-12-42-21)26-29(43-25(24)28(37)40)36(30(41)44-26)15-22(38)35-19-11-10-16-5-1-2-6-17(16)13-19/h1-14,23-25H,15H2,(H,35,38). The minimum Gasteiger partial charge on any atom is -0.469 e. The highest BCUT2D eigenvalue weighted by Gasteiger charge is 2.57. The number of alkyl halides is 3. The number of anilines is 2. The summed E-state index contributed by atoms with van der Waals surface area (Å²) >= 11 is 1.81. The van der Waals surface area contributed by atoms with Crippen LogP contribution >= 0.6 is 23.1 Å². The van der Waals surface area contributed by atoms with E-state index in [9.17, 15) is 32.3 Å². The second-order valence-electron chi connectivity index (χ2n) is 10.4. The number of thiazole rings is 1. The molecule has 0 radical (unpaired) electrons. The Labute approximate surface area is 255 Å². The van der Waals surface area contributed by atoms with Crippen LogP contribution in [0.25, 0.3) is 10.8 Å². The van der Waals surface area contributed by atoms with Crippen molar-refractivity contribution in [2.24, 2.45) is 5.92 Å². The van der Waals surface area contributed by atoms with Gasteiger partial charge in [0, 0.05) is 5.69 Å². The van der Waals surface area contributed by atoms with E-state index >= 15 is 0 Å². The molecule has 2 aliphatic heterocycles. The number of nitrogens with zero attached hydrogens (tertiary/aromatic N) is 2. The number of aromatic nitrogens is 1. The van der Waals surface area contributed by atoms with Crippen LogP contribution in [0.2, 0.25) is 0 Å². The van der Waals surface area contributed by atoms with Crippen LogP contribution in [0.4, 0.5) is 24.5 Å². The van der Waals surface area contributed by atoms with Crippen molar-refractivity contribution >= 4 is 63.0 Å². The van der Waals surface area contributed by atoms with E-state index in [1.165, 1.54) is 16.9 Å². The summed E-state index contributed by atoms with van der Waals surface area (Å²) in [6, 6.07) is 20.4. The first-order valence-electron chi connectivity index (χ1n) is 13.4. The Morgan fingerprint density at radius 1 is 0.909 bits per heavy atom. The number of nitrogens with one attached hydrogen (secondary N) is 1. The van der Waals surface area contributed by atoms with Gasteiger partial charge in [-0.05, 0) is 53.2 Å². The van der Waals surface area contributed by atoms with Crippen LogP contribution in [0.5, 0.6) is 0 Å². The van der Waals surface area contributed by atoms with Crippen molar-refractivity contribution in [2.45, 2.75) is 28.9 Å². The molecule has 0 spiro atoms. The Morgan fingerprint density at radius 3 is 2.45 bits per heavy atom. The van der Waals surface area contributed by atoms with Gasteiger partial charge in [-0.15, -0.1) is 0 Å². The van der Waals surface area contributed by atoms with Crippen LogP contribution < -0.4 is 15.1 Å². The topological polar surface area (TPSA) is 102 Å². The van der Waals surface area contributed by atoms with Gasteiger partial charge in [0.2, 0.25) is 17.7 Å². The molecule has 3 atom stereocenters. The number of benzene rings is 3. The average molecular weight is 636 g/mol. The van der Waals surface area contributed by atoms with E-state index in [2.05, 4.69) is 5.32 Å². The van der Waals surface area contributed by atoms with Crippen LogP contribution in [0.15, 0.2) is 99.4 Å². The van der Waals surface area contributed by atoms with Gasteiger partial charge in [0.25, 0.3) is 0 Å². The highest BCUT2D eigenvalue weighted by atomic mass is 32.2. The monoisotopic (exact) mass is 635 g/mol. The second kappa shape index (κ2) is 10.5. The zero-order valence-corrected chi connectivity index (χ0v) is 24.0. The van der Waals surface area contributed by atoms with Crippen molar-refractivity contribution in [1.29, 1.82) is 0 Å². The number of hydrogen-bond donors (Lipinski definition) is 1. The van der Waals surface area contributed by atoms with Crippen LogP contribution in [0, 0.1) is 5.92 Å². The molecule has 2 aliphatic rings. The zero-order valence-electron chi connectivity index (χ0n) is 22.4. The average Bonchev–Trinajstić information content (AvgIpc) is 3.69. The van der Waals surface area contributed by atoms with Gasteiger partial charge in [-0.3, -0.25) is 23.7 Å². The molecular weight excluding hydrogens is 615 g/mol. The number of furan rings is 1. The van der Waals surface area contributed by atoms with Crippen LogP contribution in [0.3, 0.4) is 0 Å². The summed E-state index contributed by atoms with van der Waals surface area (Å²) in [5.74, 6) is -3.46. The number of rotatable bonds is 5. The largest absolute Gasteiger partial charge is 0.469 e. The SMILES string of the molecule is O=C(Cn1c2c(sc1=O)C(c1ccco1)C1C(=O)N(c3cccc(C(F)(F)F)c3)C(=O)C1S2)Nc1ccc2ccccc2c1. The van der Waals surface area contributed by atoms with Crippen molar-refractivity contribution in [3.05, 3.63) is 111 Å². The Bertz CT molecular complexity index is 2020. The molecule has 7 rings (SSSR count). The molecule has 3 unspecified atom stereocenters. The molecule has 5 aromatic rings. The third kappa shape index (κ3) is 4.72. The third-order valence-electron chi connectivity index (χ3n) is 7.67. The quantitative estimate of drug-likeness (QED) is 0.234. The number of halogens is 3. The number of hydrogen-bond acceptors (Lipinski definition) is 7. The molecule has 1 N–H and O–H groups in total. The lowest BCUT2D eigenvalue weighted by atomic mass is 9.87. The molecule has 1 saturated heterocycles. The number of fused-ring (bicyclic) bond motifs is 3. The molecule has 0 aliphatic carbocycles. The fourth-order valence-corrected chi connectivity index (χ4v) is 8.47. The Balaban J connectivity index is 1.23. The maximum atomic E-state index is 13.8. The summed E-state index contributed by atoms with van der Waals surface area (Å²) in [6.07, 6.45) is -3.28. The lowest BCUT2D eigenvalue weighted by Gasteiger charge is -2.29. The number of carbonyl (C=O) groups is 3. The van der Waals surface area contributed by atoms with Crippen molar-refractivity contribution < 1.29 is 32.0 Å². The molecule has 13 heteroatoms. The van der Waals surface area contributed by atoms with Crippen molar-refractivity contribution in [2.75, 3.05) is 10.2 Å². The molecule has 0 saturated carbocycles. The van der Waals surface area contributed by atoms with E-state index in [1.807, 2.05) is 36.4 Å². The molecule has 44 heavy (non-hydrogen) atoms. The fourth-order valence-electron chi connectivity index (χ4n) is 5.72. The molecule has 1 fully saturated rings. The smallest absolute Gasteiger partial charge is 0.416 e. The van der Waals surface area contributed by atoms with Crippen molar-refractivity contribution in [3.8, 4) is 0 Å². The predicted molar refractivity (Wildman–Crippen MR) is 159 cm³/mol. The minimum atomic E-state index is -4.67. The maximum Gasteiger partial charge on any atom is 0.416 e. The van der Waals surface area contributed by atoms with Crippen molar-refractivity contribution in [3.63, 3.8) is 0 Å². The van der Waals surface area contributed by atoms with Crippen LogP contribution in [-0.4, -0.2) is 27.5 Å². The summed E-state index contributed by atoms with van der Waals surface area (Å²) in [7, 11) is 0. The van der Waals surface area contributed by atoms with Gasteiger partial charge >= 0.3 is 11.0 Å².